The lowest BCUT2D eigenvalue weighted by Gasteiger charge is -2.28. The highest BCUT2D eigenvalue weighted by Crippen LogP contribution is 2.38. The Balaban J connectivity index is 2.96. The van der Waals surface area contributed by atoms with E-state index in [4.69, 9.17) is 4.74 Å². The Labute approximate surface area is 107 Å². The topological polar surface area (TPSA) is 70.4 Å². The van der Waals surface area contributed by atoms with Crippen LogP contribution in [-0.2, 0) is 14.3 Å². The van der Waals surface area contributed by atoms with Crippen molar-refractivity contribution in [3.63, 3.8) is 0 Å². The highest BCUT2D eigenvalue weighted by molar-refractivity contribution is 5.93. The lowest BCUT2D eigenvalue weighted by molar-refractivity contribution is -0.145. The second kappa shape index (κ2) is 5.21. The maximum atomic E-state index is 11.8. The summed E-state index contributed by atoms with van der Waals surface area (Å²) in [5.41, 5.74) is -0.862. The van der Waals surface area contributed by atoms with E-state index in [1.54, 1.807) is 14.0 Å². The third-order valence-corrected chi connectivity index (χ3v) is 3.37. The number of carbonyl (C=O) groups is 2. The average Bonchev–Trinajstić information content (AvgIpc) is 2.65. The monoisotopic (exact) mass is 250 g/mol. The Hall–Kier alpha value is -1.83. The van der Waals surface area contributed by atoms with Crippen molar-refractivity contribution in [2.24, 2.45) is 11.3 Å². The molecule has 0 aromatic heterocycles. The second-order valence-electron chi connectivity index (χ2n) is 4.73. The molecule has 0 spiro atoms. The van der Waals surface area contributed by atoms with Gasteiger partial charge < -0.3 is 9.64 Å². The number of nitriles is 1. The quantitative estimate of drug-likeness (QED) is 0.553. The number of ether oxygens (including phenoxy) is 1. The molecule has 0 aromatic rings. The van der Waals surface area contributed by atoms with Crippen molar-refractivity contribution in [1.29, 1.82) is 5.26 Å². The Kier molecular flexibility index (Phi) is 4.12. The van der Waals surface area contributed by atoms with Gasteiger partial charge in [-0.25, -0.2) is 0 Å². The van der Waals surface area contributed by atoms with Gasteiger partial charge in [-0.05, 0) is 13.3 Å². The van der Waals surface area contributed by atoms with Crippen LogP contribution in [0.15, 0.2) is 12.2 Å². The van der Waals surface area contributed by atoms with E-state index >= 15 is 0 Å². The van der Waals surface area contributed by atoms with Gasteiger partial charge in [0.1, 0.15) is 0 Å². The van der Waals surface area contributed by atoms with Crippen LogP contribution >= 0.6 is 0 Å². The Morgan fingerprint density at radius 2 is 2.33 bits per heavy atom. The summed E-state index contributed by atoms with van der Waals surface area (Å²) in [6.07, 6.45) is 0.661. The highest BCUT2D eigenvalue weighted by Gasteiger charge is 2.53. The summed E-state index contributed by atoms with van der Waals surface area (Å²) in [4.78, 5) is 24.9. The van der Waals surface area contributed by atoms with Gasteiger partial charge in [0.05, 0.1) is 19.2 Å². The molecule has 1 fully saturated rings. The van der Waals surface area contributed by atoms with Crippen molar-refractivity contribution >= 4 is 11.9 Å². The summed E-state index contributed by atoms with van der Waals surface area (Å²) in [5, 5.41) is 9.35. The molecule has 1 aliphatic heterocycles. The van der Waals surface area contributed by atoms with E-state index in [1.165, 1.54) is 4.90 Å². The molecule has 98 valence electrons. The minimum absolute atomic E-state index is 0.0481. The van der Waals surface area contributed by atoms with Gasteiger partial charge in [-0.3, -0.25) is 9.59 Å². The van der Waals surface area contributed by atoms with Crippen molar-refractivity contribution in [3.05, 3.63) is 12.2 Å². The van der Waals surface area contributed by atoms with Crippen LogP contribution in [0.5, 0.6) is 0 Å². The van der Waals surface area contributed by atoms with Crippen LogP contribution in [0.4, 0.5) is 0 Å². The van der Waals surface area contributed by atoms with Crippen molar-refractivity contribution in [1.82, 2.24) is 4.90 Å². The summed E-state index contributed by atoms with van der Waals surface area (Å²) in [5.74, 6) is -0.965. The van der Waals surface area contributed by atoms with E-state index < -0.39 is 11.4 Å². The first-order chi connectivity index (χ1) is 8.39. The molecule has 0 N–H and O–H groups in total. The molecule has 5 heteroatoms. The van der Waals surface area contributed by atoms with Gasteiger partial charge in [-0.15, -0.1) is 0 Å². The zero-order chi connectivity index (χ0) is 13.9. The zero-order valence-electron chi connectivity index (χ0n) is 11.0. The molecule has 1 saturated heterocycles. The number of hydrogen-bond acceptors (Lipinski definition) is 4. The van der Waals surface area contributed by atoms with Gasteiger partial charge in [0.25, 0.3) is 0 Å². The lowest BCUT2D eigenvalue weighted by Crippen LogP contribution is -2.44. The number of rotatable bonds is 4. The predicted octanol–water partition coefficient (Wildman–Crippen LogP) is 1.11. The van der Waals surface area contributed by atoms with Crippen LogP contribution in [0.2, 0.25) is 0 Å². The molecule has 2 atom stereocenters. The fourth-order valence-corrected chi connectivity index (χ4v) is 2.22. The lowest BCUT2D eigenvalue weighted by atomic mass is 9.77. The minimum atomic E-state index is -1.24. The van der Waals surface area contributed by atoms with Gasteiger partial charge in [-0.2, -0.15) is 5.26 Å². The largest absolute Gasteiger partial charge is 0.464 e. The maximum Gasteiger partial charge on any atom is 0.328 e. The molecular formula is C13H18N2O3. The van der Waals surface area contributed by atoms with Crippen molar-refractivity contribution < 1.29 is 14.3 Å². The molecule has 0 bridgehead atoms. The van der Waals surface area contributed by atoms with Gasteiger partial charge in [-0.1, -0.05) is 13.5 Å². The van der Waals surface area contributed by atoms with E-state index in [2.05, 4.69) is 12.6 Å². The van der Waals surface area contributed by atoms with Crippen LogP contribution in [0.1, 0.15) is 20.3 Å². The van der Waals surface area contributed by atoms with Crippen LogP contribution in [-0.4, -0.2) is 37.0 Å². The van der Waals surface area contributed by atoms with E-state index in [0.29, 0.717) is 12.0 Å². The predicted molar refractivity (Wildman–Crippen MR) is 65.2 cm³/mol. The smallest absolute Gasteiger partial charge is 0.328 e. The van der Waals surface area contributed by atoms with E-state index in [9.17, 15) is 14.9 Å². The molecular weight excluding hydrogens is 232 g/mol. The number of amides is 1. The average molecular weight is 250 g/mol. The van der Waals surface area contributed by atoms with Crippen LogP contribution < -0.4 is 0 Å². The van der Waals surface area contributed by atoms with E-state index in [-0.39, 0.29) is 25.0 Å². The summed E-state index contributed by atoms with van der Waals surface area (Å²) in [6, 6.07) is 2.05. The van der Waals surface area contributed by atoms with Crippen molar-refractivity contribution in [3.8, 4) is 6.07 Å². The fraction of sp³-hybridized carbons (Fsp3) is 0.615. The van der Waals surface area contributed by atoms with Gasteiger partial charge >= 0.3 is 5.97 Å². The molecule has 1 aliphatic rings. The first-order valence-electron chi connectivity index (χ1n) is 5.88. The standard InChI is InChI=1S/C13H18N2O3/c1-5-10-6-18-12(17)13(10,7-14)8-15(4)11(16)9(2)3/h10H,2,5-6,8H2,1,3-4H3. The first-order valence-corrected chi connectivity index (χ1v) is 5.88. The summed E-state index contributed by atoms with van der Waals surface area (Å²) < 4.78 is 4.98. The maximum absolute atomic E-state index is 11.8. The molecule has 0 radical (unpaired) electrons. The molecule has 18 heavy (non-hydrogen) atoms. The number of cyclic esters (lactones) is 1. The van der Waals surface area contributed by atoms with Gasteiger partial charge in [0.2, 0.25) is 5.91 Å². The Morgan fingerprint density at radius 3 is 2.78 bits per heavy atom. The number of nitrogens with zero attached hydrogens (tertiary/aromatic N) is 2. The van der Waals surface area contributed by atoms with Crippen molar-refractivity contribution in [2.75, 3.05) is 20.2 Å². The zero-order valence-corrected chi connectivity index (χ0v) is 11.0. The number of carbonyl (C=O) groups excluding carboxylic acids is 2. The molecule has 1 heterocycles. The molecule has 2 unspecified atom stereocenters. The highest BCUT2D eigenvalue weighted by atomic mass is 16.5. The van der Waals surface area contributed by atoms with Crippen LogP contribution in [0.3, 0.4) is 0 Å². The summed E-state index contributed by atoms with van der Waals surface area (Å²) in [7, 11) is 1.56. The van der Waals surface area contributed by atoms with Gasteiger partial charge in [0, 0.05) is 18.5 Å². The van der Waals surface area contributed by atoms with Crippen LogP contribution in [0, 0.1) is 22.7 Å². The van der Waals surface area contributed by atoms with Crippen LogP contribution in [0.25, 0.3) is 0 Å². The number of hydrogen-bond donors (Lipinski definition) is 0. The Bertz CT molecular complexity index is 424. The van der Waals surface area contributed by atoms with E-state index in [1.807, 2.05) is 6.92 Å². The third-order valence-electron chi connectivity index (χ3n) is 3.37. The summed E-state index contributed by atoms with van der Waals surface area (Å²) in [6.45, 7) is 7.36. The molecule has 0 saturated carbocycles. The van der Waals surface area contributed by atoms with E-state index in [0.717, 1.165) is 0 Å². The SMILES string of the molecule is C=C(C)C(=O)N(C)CC1(C#N)C(=O)OCC1CC. The molecule has 1 amide bonds. The van der Waals surface area contributed by atoms with Crippen molar-refractivity contribution in [2.45, 2.75) is 20.3 Å². The number of likely N-dealkylation sites (N-methyl/N-ethyl adjacent to an activating group) is 1. The molecule has 0 aromatic carbocycles. The molecule has 1 rings (SSSR count). The number of esters is 1. The molecule has 5 nitrogen and oxygen atoms in total. The Morgan fingerprint density at radius 1 is 1.72 bits per heavy atom. The summed E-state index contributed by atoms with van der Waals surface area (Å²) >= 11 is 0. The normalized spacial score (nSPS) is 26.3. The third kappa shape index (κ3) is 2.23. The van der Waals surface area contributed by atoms with Gasteiger partial charge in [0.15, 0.2) is 5.41 Å². The first kappa shape index (κ1) is 14.2. The molecule has 0 aliphatic carbocycles. The second-order valence-corrected chi connectivity index (χ2v) is 4.73. The fourth-order valence-electron chi connectivity index (χ4n) is 2.22. The minimum Gasteiger partial charge on any atom is -0.464 e.